The maximum absolute atomic E-state index is 12.3. The van der Waals surface area contributed by atoms with E-state index in [1.165, 1.54) is 12.1 Å². The van der Waals surface area contributed by atoms with Crippen molar-refractivity contribution in [2.24, 2.45) is 0 Å². The zero-order chi connectivity index (χ0) is 17.7. The van der Waals surface area contributed by atoms with Crippen LogP contribution in [0.4, 0.5) is 11.4 Å². The zero-order valence-corrected chi connectivity index (χ0v) is 13.6. The minimum Gasteiger partial charge on any atom is -0.497 e. The Morgan fingerprint density at radius 2 is 1.88 bits per heavy atom. The number of amides is 1. The molecule has 1 atom stereocenters. The van der Waals surface area contributed by atoms with Crippen LogP contribution in [-0.2, 0) is 4.79 Å². The topological polar surface area (TPSA) is 90.7 Å². The fourth-order valence-electron chi connectivity index (χ4n) is 2.12. The summed E-state index contributed by atoms with van der Waals surface area (Å²) < 4.78 is 10.7. The molecule has 0 unspecified atom stereocenters. The van der Waals surface area contributed by atoms with Crippen LogP contribution >= 0.6 is 0 Å². The third-order valence-corrected chi connectivity index (χ3v) is 3.48. The van der Waals surface area contributed by atoms with Crippen molar-refractivity contribution >= 4 is 17.3 Å². The Kier molecular flexibility index (Phi) is 5.36. The summed E-state index contributed by atoms with van der Waals surface area (Å²) in [7, 11) is 1.54. The number of nitro groups is 1. The van der Waals surface area contributed by atoms with Gasteiger partial charge in [0, 0.05) is 12.1 Å². The molecule has 1 amide bonds. The summed E-state index contributed by atoms with van der Waals surface area (Å²) in [5, 5.41) is 13.6. The SMILES string of the molecule is COc1cccc(O[C@H](C)C(=O)Nc2cccc([N+](=O)[O-])c2C)c1. The first-order valence-electron chi connectivity index (χ1n) is 7.28. The fourth-order valence-corrected chi connectivity index (χ4v) is 2.12. The second-order valence-electron chi connectivity index (χ2n) is 5.14. The van der Waals surface area contributed by atoms with Crippen molar-refractivity contribution in [1.82, 2.24) is 0 Å². The number of anilines is 1. The number of benzene rings is 2. The van der Waals surface area contributed by atoms with Crippen LogP contribution in [0.2, 0.25) is 0 Å². The zero-order valence-electron chi connectivity index (χ0n) is 13.6. The van der Waals surface area contributed by atoms with E-state index in [4.69, 9.17) is 9.47 Å². The summed E-state index contributed by atoms with van der Waals surface area (Å²) in [6.07, 6.45) is -0.782. The van der Waals surface area contributed by atoms with Gasteiger partial charge in [-0.15, -0.1) is 0 Å². The van der Waals surface area contributed by atoms with E-state index in [2.05, 4.69) is 5.32 Å². The van der Waals surface area contributed by atoms with Gasteiger partial charge in [-0.1, -0.05) is 12.1 Å². The molecule has 126 valence electrons. The van der Waals surface area contributed by atoms with Gasteiger partial charge in [-0.2, -0.15) is 0 Å². The molecule has 2 aromatic rings. The average Bonchev–Trinajstić information content (AvgIpc) is 2.56. The van der Waals surface area contributed by atoms with Gasteiger partial charge in [0.05, 0.1) is 23.3 Å². The normalized spacial score (nSPS) is 11.5. The Labute approximate surface area is 139 Å². The second-order valence-corrected chi connectivity index (χ2v) is 5.14. The number of hydrogen-bond acceptors (Lipinski definition) is 5. The van der Waals surface area contributed by atoms with Crippen LogP contribution in [0.5, 0.6) is 11.5 Å². The average molecular weight is 330 g/mol. The highest BCUT2D eigenvalue weighted by molar-refractivity contribution is 5.95. The largest absolute Gasteiger partial charge is 0.497 e. The molecular weight excluding hydrogens is 312 g/mol. The highest BCUT2D eigenvalue weighted by Crippen LogP contribution is 2.25. The van der Waals surface area contributed by atoms with Crippen molar-refractivity contribution in [3.05, 3.63) is 58.1 Å². The minimum absolute atomic E-state index is 0.0471. The Bertz CT molecular complexity index is 760. The summed E-state index contributed by atoms with van der Waals surface area (Å²) >= 11 is 0. The predicted octanol–water partition coefficient (Wildman–Crippen LogP) is 3.32. The molecule has 0 heterocycles. The van der Waals surface area contributed by atoms with Gasteiger partial charge in [-0.3, -0.25) is 14.9 Å². The number of methoxy groups -OCH3 is 1. The van der Waals surface area contributed by atoms with Gasteiger partial charge in [0.2, 0.25) is 0 Å². The second kappa shape index (κ2) is 7.45. The molecule has 1 N–H and O–H groups in total. The standard InChI is InChI=1S/C17H18N2O5/c1-11-15(8-5-9-16(11)19(21)22)18-17(20)12(2)24-14-7-4-6-13(10-14)23-3/h4-10,12H,1-3H3,(H,18,20)/t12-/m1/s1. The Hall–Kier alpha value is -3.09. The summed E-state index contributed by atoms with van der Waals surface area (Å²) in [5.41, 5.74) is 0.730. The molecule has 0 saturated carbocycles. The van der Waals surface area contributed by atoms with E-state index in [1.807, 2.05) is 0 Å². The molecule has 0 spiro atoms. The molecule has 24 heavy (non-hydrogen) atoms. The minimum atomic E-state index is -0.782. The van der Waals surface area contributed by atoms with Crippen LogP contribution in [0.15, 0.2) is 42.5 Å². The third-order valence-electron chi connectivity index (χ3n) is 3.48. The van der Waals surface area contributed by atoms with E-state index >= 15 is 0 Å². The van der Waals surface area contributed by atoms with Gasteiger partial charge in [0.1, 0.15) is 11.5 Å². The molecule has 0 aliphatic heterocycles. The van der Waals surface area contributed by atoms with Crippen LogP contribution < -0.4 is 14.8 Å². The molecule has 7 nitrogen and oxygen atoms in total. The number of ether oxygens (including phenoxy) is 2. The van der Waals surface area contributed by atoms with Gasteiger partial charge in [-0.25, -0.2) is 0 Å². The number of rotatable bonds is 6. The van der Waals surface area contributed by atoms with Crippen LogP contribution in [-0.4, -0.2) is 24.0 Å². The van der Waals surface area contributed by atoms with E-state index in [9.17, 15) is 14.9 Å². The van der Waals surface area contributed by atoms with Crippen LogP contribution in [0.3, 0.4) is 0 Å². The van der Waals surface area contributed by atoms with E-state index in [0.29, 0.717) is 22.7 Å². The van der Waals surface area contributed by atoms with E-state index in [0.717, 1.165) is 0 Å². The third kappa shape index (κ3) is 4.01. The van der Waals surface area contributed by atoms with Gasteiger partial charge >= 0.3 is 0 Å². The van der Waals surface area contributed by atoms with Crippen LogP contribution in [0.25, 0.3) is 0 Å². The molecule has 0 saturated heterocycles. The maximum atomic E-state index is 12.3. The first-order chi connectivity index (χ1) is 11.4. The van der Waals surface area contributed by atoms with Crippen molar-refractivity contribution in [1.29, 1.82) is 0 Å². The molecule has 0 fully saturated rings. The predicted molar refractivity (Wildman–Crippen MR) is 89.5 cm³/mol. The highest BCUT2D eigenvalue weighted by atomic mass is 16.6. The quantitative estimate of drug-likeness (QED) is 0.648. The van der Waals surface area contributed by atoms with Crippen LogP contribution in [0.1, 0.15) is 12.5 Å². The Balaban J connectivity index is 2.09. The number of nitro benzene ring substituents is 1. The van der Waals surface area contributed by atoms with Crippen molar-refractivity contribution in [2.45, 2.75) is 20.0 Å². The number of nitrogens with one attached hydrogen (secondary N) is 1. The van der Waals surface area contributed by atoms with E-state index in [1.54, 1.807) is 51.3 Å². The Morgan fingerprint density at radius 1 is 1.21 bits per heavy atom. The monoisotopic (exact) mass is 330 g/mol. The lowest BCUT2D eigenvalue weighted by molar-refractivity contribution is -0.385. The molecule has 0 aliphatic rings. The molecule has 7 heteroatoms. The highest BCUT2D eigenvalue weighted by Gasteiger charge is 2.19. The maximum Gasteiger partial charge on any atom is 0.274 e. The van der Waals surface area contributed by atoms with E-state index < -0.39 is 16.9 Å². The van der Waals surface area contributed by atoms with Gasteiger partial charge in [0.25, 0.3) is 11.6 Å². The van der Waals surface area contributed by atoms with Gasteiger partial charge in [-0.05, 0) is 32.0 Å². The fraction of sp³-hybridized carbons (Fsp3) is 0.235. The lowest BCUT2D eigenvalue weighted by Crippen LogP contribution is -2.30. The summed E-state index contributed by atoms with van der Waals surface area (Å²) in [5.74, 6) is 0.712. The van der Waals surface area contributed by atoms with Crippen molar-refractivity contribution in [3.8, 4) is 11.5 Å². The van der Waals surface area contributed by atoms with Crippen molar-refractivity contribution in [2.75, 3.05) is 12.4 Å². The lowest BCUT2D eigenvalue weighted by Gasteiger charge is -2.16. The number of hydrogen-bond donors (Lipinski definition) is 1. The van der Waals surface area contributed by atoms with Gasteiger partial charge in [0.15, 0.2) is 6.10 Å². The molecule has 0 radical (unpaired) electrons. The summed E-state index contributed by atoms with van der Waals surface area (Å²) in [4.78, 5) is 22.7. The summed E-state index contributed by atoms with van der Waals surface area (Å²) in [6, 6.07) is 11.4. The number of carbonyl (C=O) groups excluding carboxylic acids is 1. The number of nitrogens with zero attached hydrogens (tertiary/aromatic N) is 1. The molecular formula is C17H18N2O5. The molecule has 0 bridgehead atoms. The van der Waals surface area contributed by atoms with Crippen LogP contribution in [0, 0.1) is 17.0 Å². The molecule has 0 aromatic heterocycles. The van der Waals surface area contributed by atoms with Crippen molar-refractivity contribution in [3.63, 3.8) is 0 Å². The lowest BCUT2D eigenvalue weighted by atomic mass is 10.1. The first-order valence-corrected chi connectivity index (χ1v) is 7.28. The summed E-state index contributed by atoms with van der Waals surface area (Å²) in [6.45, 7) is 3.18. The smallest absolute Gasteiger partial charge is 0.274 e. The Morgan fingerprint density at radius 3 is 2.54 bits per heavy atom. The first kappa shape index (κ1) is 17.3. The molecule has 0 aliphatic carbocycles. The van der Waals surface area contributed by atoms with E-state index in [-0.39, 0.29) is 5.69 Å². The molecule has 2 rings (SSSR count). The number of carbonyl (C=O) groups is 1. The van der Waals surface area contributed by atoms with Gasteiger partial charge < -0.3 is 14.8 Å². The molecule has 2 aromatic carbocycles. The van der Waals surface area contributed by atoms with Crippen molar-refractivity contribution < 1.29 is 19.2 Å².